The molecule has 0 aliphatic heterocycles. The zero-order valence-electron chi connectivity index (χ0n) is 14.2. The van der Waals surface area contributed by atoms with Gasteiger partial charge in [-0.2, -0.15) is 0 Å². The summed E-state index contributed by atoms with van der Waals surface area (Å²) in [7, 11) is 0. The molecule has 0 aromatic heterocycles. The van der Waals surface area contributed by atoms with Crippen molar-refractivity contribution in [3.63, 3.8) is 0 Å². The number of rotatable bonds is 6. The summed E-state index contributed by atoms with van der Waals surface area (Å²) in [6.45, 7) is 3.13. The van der Waals surface area contributed by atoms with E-state index in [0.717, 1.165) is 22.6 Å². The Balaban J connectivity index is 1.71. The highest BCUT2D eigenvalue weighted by molar-refractivity contribution is 6.42. The number of halogens is 3. The van der Waals surface area contributed by atoms with E-state index in [1.807, 2.05) is 30.3 Å². The van der Waals surface area contributed by atoms with Crippen molar-refractivity contribution in [3.05, 3.63) is 92.4 Å². The third-order valence-electron chi connectivity index (χ3n) is 3.90. The van der Waals surface area contributed by atoms with E-state index in [2.05, 4.69) is 30.4 Å². The Bertz CT molecular complexity index is 912. The van der Waals surface area contributed by atoms with E-state index in [9.17, 15) is 0 Å². The van der Waals surface area contributed by atoms with Gasteiger partial charge < -0.3 is 10.1 Å². The molecule has 26 heavy (non-hydrogen) atoms. The first-order valence-electron chi connectivity index (χ1n) is 8.17. The minimum absolute atomic E-state index is 0.503. The van der Waals surface area contributed by atoms with Gasteiger partial charge in [-0.15, -0.1) is 0 Å². The first kappa shape index (κ1) is 18.9. The van der Waals surface area contributed by atoms with Crippen LogP contribution in [0.1, 0.15) is 16.7 Å². The van der Waals surface area contributed by atoms with Gasteiger partial charge in [0, 0.05) is 22.8 Å². The van der Waals surface area contributed by atoms with Crippen LogP contribution in [0, 0.1) is 6.92 Å². The van der Waals surface area contributed by atoms with Gasteiger partial charge in [-0.3, -0.25) is 0 Å². The summed E-state index contributed by atoms with van der Waals surface area (Å²) in [5, 5.41) is 5.03. The molecule has 0 amide bonds. The Morgan fingerprint density at radius 2 is 1.73 bits per heavy atom. The summed E-state index contributed by atoms with van der Waals surface area (Å²) in [6.07, 6.45) is 0. The average Bonchev–Trinajstić information content (AvgIpc) is 2.62. The maximum Gasteiger partial charge on any atom is 0.124 e. The summed E-state index contributed by atoms with van der Waals surface area (Å²) < 4.78 is 6.02. The summed E-state index contributed by atoms with van der Waals surface area (Å²) >= 11 is 18.2. The van der Waals surface area contributed by atoms with Crippen LogP contribution in [0.15, 0.2) is 60.7 Å². The van der Waals surface area contributed by atoms with Crippen molar-refractivity contribution in [2.24, 2.45) is 0 Å². The molecule has 3 aromatic rings. The molecule has 0 fully saturated rings. The minimum atomic E-state index is 0.503. The van der Waals surface area contributed by atoms with Crippen LogP contribution < -0.4 is 10.1 Å². The normalized spacial score (nSPS) is 10.6. The number of aryl methyl sites for hydroxylation is 1. The van der Waals surface area contributed by atoms with Gasteiger partial charge in [0.1, 0.15) is 12.4 Å². The predicted molar refractivity (Wildman–Crippen MR) is 111 cm³/mol. The predicted octanol–water partition coefficient (Wildman–Crippen LogP) is 7.15. The van der Waals surface area contributed by atoms with Crippen LogP contribution >= 0.6 is 34.8 Å². The van der Waals surface area contributed by atoms with E-state index in [-0.39, 0.29) is 0 Å². The minimum Gasteiger partial charge on any atom is -0.489 e. The third kappa shape index (κ3) is 5.07. The number of benzene rings is 3. The molecule has 3 rings (SSSR count). The van der Waals surface area contributed by atoms with Gasteiger partial charge in [-0.05, 0) is 48.9 Å². The van der Waals surface area contributed by atoms with Crippen LogP contribution in [0.3, 0.4) is 0 Å². The van der Waals surface area contributed by atoms with Crippen molar-refractivity contribution in [2.75, 3.05) is 5.32 Å². The van der Waals surface area contributed by atoms with Crippen LogP contribution in [0.5, 0.6) is 5.75 Å². The van der Waals surface area contributed by atoms with E-state index in [1.54, 1.807) is 12.1 Å². The zero-order valence-corrected chi connectivity index (χ0v) is 16.5. The van der Waals surface area contributed by atoms with Crippen LogP contribution in [-0.2, 0) is 13.2 Å². The smallest absolute Gasteiger partial charge is 0.124 e. The number of hydrogen-bond donors (Lipinski definition) is 1. The van der Waals surface area contributed by atoms with Crippen molar-refractivity contribution in [3.8, 4) is 5.75 Å². The first-order chi connectivity index (χ1) is 12.5. The number of ether oxygens (including phenoxy) is 1. The Morgan fingerprint density at radius 1 is 0.885 bits per heavy atom. The van der Waals surface area contributed by atoms with Gasteiger partial charge in [-0.25, -0.2) is 0 Å². The second-order valence-electron chi connectivity index (χ2n) is 6.01. The second kappa shape index (κ2) is 8.68. The largest absolute Gasteiger partial charge is 0.489 e. The molecule has 0 aliphatic carbocycles. The maximum absolute atomic E-state index is 6.16. The van der Waals surface area contributed by atoms with Crippen LogP contribution in [0.25, 0.3) is 0 Å². The molecular formula is C21H18Cl3NO. The van der Waals surface area contributed by atoms with Crippen LogP contribution in [0.4, 0.5) is 5.69 Å². The molecule has 0 spiro atoms. The standard InChI is InChI=1S/C21H18Cl3NO/c1-14-3-2-4-15(9-14)13-26-21-8-5-17(22)10-16(21)12-25-18-6-7-19(23)20(24)11-18/h2-11,25H,12-13H2,1H3. The Kier molecular flexibility index (Phi) is 6.31. The van der Waals surface area contributed by atoms with E-state index >= 15 is 0 Å². The van der Waals surface area contributed by atoms with E-state index < -0.39 is 0 Å². The molecule has 134 valence electrons. The van der Waals surface area contributed by atoms with Gasteiger partial charge in [0.05, 0.1) is 10.0 Å². The lowest BCUT2D eigenvalue weighted by molar-refractivity contribution is 0.303. The quantitative estimate of drug-likeness (QED) is 0.469. The lowest BCUT2D eigenvalue weighted by Gasteiger charge is -2.14. The van der Waals surface area contributed by atoms with Crippen molar-refractivity contribution in [2.45, 2.75) is 20.1 Å². The molecule has 0 radical (unpaired) electrons. The van der Waals surface area contributed by atoms with Gasteiger partial charge >= 0.3 is 0 Å². The molecule has 1 N–H and O–H groups in total. The van der Waals surface area contributed by atoms with Crippen LogP contribution in [-0.4, -0.2) is 0 Å². The molecule has 0 saturated carbocycles. The van der Waals surface area contributed by atoms with E-state index in [4.69, 9.17) is 39.5 Å². The van der Waals surface area contributed by atoms with E-state index in [1.165, 1.54) is 5.56 Å². The molecule has 0 heterocycles. The zero-order chi connectivity index (χ0) is 18.5. The summed E-state index contributed by atoms with van der Waals surface area (Å²) in [4.78, 5) is 0. The first-order valence-corrected chi connectivity index (χ1v) is 9.30. The highest BCUT2D eigenvalue weighted by atomic mass is 35.5. The molecule has 0 aliphatic rings. The van der Waals surface area contributed by atoms with Crippen molar-refractivity contribution >= 4 is 40.5 Å². The topological polar surface area (TPSA) is 21.3 Å². The Morgan fingerprint density at radius 3 is 2.50 bits per heavy atom. The number of anilines is 1. The van der Waals surface area contributed by atoms with Crippen molar-refractivity contribution in [1.82, 2.24) is 0 Å². The van der Waals surface area contributed by atoms with E-state index in [0.29, 0.717) is 28.2 Å². The molecule has 0 bridgehead atoms. The van der Waals surface area contributed by atoms with Crippen LogP contribution in [0.2, 0.25) is 15.1 Å². The molecule has 2 nitrogen and oxygen atoms in total. The average molecular weight is 407 g/mol. The fourth-order valence-electron chi connectivity index (χ4n) is 2.59. The Hall–Kier alpha value is -1.87. The molecule has 0 atom stereocenters. The summed E-state index contributed by atoms with van der Waals surface area (Å²) in [5.74, 6) is 0.795. The number of nitrogens with one attached hydrogen (secondary N) is 1. The monoisotopic (exact) mass is 405 g/mol. The molecular weight excluding hydrogens is 389 g/mol. The van der Waals surface area contributed by atoms with Crippen molar-refractivity contribution < 1.29 is 4.74 Å². The van der Waals surface area contributed by atoms with Crippen molar-refractivity contribution in [1.29, 1.82) is 0 Å². The lowest BCUT2D eigenvalue weighted by atomic mass is 10.1. The fraction of sp³-hybridized carbons (Fsp3) is 0.143. The van der Waals surface area contributed by atoms with Gasteiger partial charge in [0.2, 0.25) is 0 Å². The highest BCUT2D eigenvalue weighted by Gasteiger charge is 2.07. The SMILES string of the molecule is Cc1cccc(COc2ccc(Cl)cc2CNc2ccc(Cl)c(Cl)c2)c1. The van der Waals surface area contributed by atoms with Gasteiger partial charge in [-0.1, -0.05) is 64.6 Å². The third-order valence-corrected chi connectivity index (χ3v) is 4.88. The van der Waals surface area contributed by atoms with Gasteiger partial charge in [0.15, 0.2) is 0 Å². The Labute approximate surface area is 168 Å². The lowest BCUT2D eigenvalue weighted by Crippen LogP contribution is -2.04. The number of hydrogen-bond acceptors (Lipinski definition) is 2. The molecule has 0 saturated heterocycles. The fourth-order valence-corrected chi connectivity index (χ4v) is 3.09. The summed E-state index contributed by atoms with van der Waals surface area (Å²) in [5.41, 5.74) is 4.19. The second-order valence-corrected chi connectivity index (χ2v) is 7.26. The molecule has 3 aromatic carbocycles. The summed E-state index contributed by atoms with van der Waals surface area (Å²) in [6, 6.07) is 19.3. The molecule has 5 heteroatoms. The van der Waals surface area contributed by atoms with Gasteiger partial charge in [0.25, 0.3) is 0 Å². The molecule has 0 unspecified atom stereocenters. The maximum atomic E-state index is 6.16. The highest BCUT2D eigenvalue weighted by Crippen LogP contribution is 2.28.